The Morgan fingerprint density at radius 3 is 2.64 bits per heavy atom. The van der Waals surface area contributed by atoms with Crippen molar-refractivity contribution < 1.29 is 14.4 Å². The number of anilines is 1. The lowest BCUT2D eigenvalue weighted by Crippen LogP contribution is -2.41. The van der Waals surface area contributed by atoms with Crippen LogP contribution in [-0.4, -0.2) is 37.9 Å². The second-order valence-corrected chi connectivity index (χ2v) is 5.49. The van der Waals surface area contributed by atoms with Gasteiger partial charge in [-0.25, -0.2) is 0 Å². The highest BCUT2D eigenvalue weighted by molar-refractivity contribution is 6.10. The number of carbonyl (C=O) groups excluding carboxylic acids is 3. The molecule has 6 heteroatoms. The molecule has 0 aromatic heterocycles. The van der Waals surface area contributed by atoms with Crippen LogP contribution < -0.4 is 15.5 Å². The summed E-state index contributed by atoms with van der Waals surface area (Å²) in [5.74, 6) is -1.60. The number of hydrogen-bond acceptors (Lipinski definition) is 3. The van der Waals surface area contributed by atoms with E-state index in [0.717, 1.165) is 16.8 Å². The number of nitrogens with one attached hydrogen (secondary N) is 2. The zero-order valence-electron chi connectivity index (χ0n) is 13.1. The molecular formula is C16H21N3O3. The molecule has 1 fully saturated rings. The van der Waals surface area contributed by atoms with Crippen LogP contribution >= 0.6 is 0 Å². The van der Waals surface area contributed by atoms with Gasteiger partial charge in [0, 0.05) is 19.3 Å². The third-order valence-electron chi connectivity index (χ3n) is 4.03. The number of rotatable bonds is 4. The Kier molecular flexibility index (Phi) is 4.80. The Balaban J connectivity index is 2.04. The Morgan fingerprint density at radius 2 is 2.00 bits per heavy atom. The minimum absolute atomic E-state index is 0.108. The van der Waals surface area contributed by atoms with E-state index in [9.17, 15) is 14.4 Å². The predicted octanol–water partition coefficient (Wildman–Crippen LogP) is 0.519. The third kappa shape index (κ3) is 3.27. The first-order chi connectivity index (χ1) is 10.4. The number of benzene rings is 1. The normalized spacial score (nSPS) is 17.5. The summed E-state index contributed by atoms with van der Waals surface area (Å²) in [4.78, 5) is 37.2. The van der Waals surface area contributed by atoms with E-state index < -0.39 is 5.92 Å². The van der Waals surface area contributed by atoms with Crippen LogP contribution in [0.15, 0.2) is 18.2 Å². The van der Waals surface area contributed by atoms with Gasteiger partial charge in [-0.05, 0) is 43.5 Å². The Bertz CT molecular complexity index is 613. The second kappa shape index (κ2) is 6.60. The van der Waals surface area contributed by atoms with E-state index >= 15 is 0 Å². The lowest BCUT2D eigenvalue weighted by molar-refractivity contribution is -0.133. The van der Waals surface area contributed by atoms with Gasteiger partial charge in [0.05, 0.1) is 6.54 Å². The molecule has 0 saturated carbocycles. The van der Waals surface area contributed by atoms with Gasteiger partial charge in [0.2, 0.25) is 17.7 Å². The van der Waals surface area contributed by atoms with Gasteiger partial charge in [-0.3, -0.25) is 14.4 Å². The Morgan fingerprint density at radius 1 is 1.27 bits per heavy atom. The monoisotopic (exact) mass is 303 g/mol. The Labute approximate surface area is 129 Å². The summed E-state index contributed by atoms with van der Waals surface area (Å²) in [6.45, 7) is 4.41. The van der Waals surface area contributed by atoms with E-state index in [-0.39, 0.29) is 24.3 Å². The van der Waals surface area contributed by atoms with Crippen molar-refractivity contribution in [3.8, 4) is 0 Å². The first-order valence-corrected chi connectivity index (χ1v) is 7.31. The predicted molar refractivity (Wildman–Crippen MR) is 83.5 cm³/mol. The maximum Gasteiger partial charge on any atom is 0.239 e. The molecule has 0 radical (unpaired) electrons. The van der Waals surface area contributed by atoms with Crippen LogP contribution in [0.2, 0.25) is 0 Å². The largest absolute Gasteiger partial charge is 0.358 e. The van der Waals surface area contributed by atoms with E-state index in [1.165, 1.54) is 7.05 Å². The quantitative estimate of drug-likeness (QED) is 0.796. The number of nitrogens with zero attached hydrogens (tertiary/aromatic N) is 1. The molecule has 1 unspecified atom stereocenters. The number of aryl methyl sites for hydroxylation is 2. The molecule has 0 bridgehead atoms. The molecule has 22 heavy (non-hydrogen) atoms. The third-order valence-corrected chi connectivity index (χ3v) is 4.03. The van der Waals surface area contributed by atoms with Gasteiger partial charge >= 0.3 is 0 Å². The summed E-state index contributed by atoms with van der Waals surface area (Å²) in [6, 6.07) is 5.82. The van der Waals surface area contributed by atoms with Crippen LogP contribution in [0.4, 0.5) is 5.69 Å². The van der Waals surface area contributed by atoms with Crippen molar-refractivity contribution in [1.82, 2.24) is 10.6 Å². The number of carbonyl (C=O) groups is 3. The molecule has 2 N–H and O–H groups in total. The van der Waals surface area contributed by atoms with E-state index in [2.05, 4.69) is 10.6 Å². The highest BCUT2D eigenvalue weighted by atomic mass is 16.2. The van der Waals surface area contributed by atoms with Gasteiger partial charge in [-0.1, -0.05) is 6.07 Å². The molecule has 6 nitrogen and oxygen atoms in total. The first-order valence-electron chi connectivity index (χ1n) is 7.31. The van der Waals surface area contributed by atoms with Gasteiger partial charge in [0.1, 0.15) is 5.92 Å². The fourth-order valence-electron chi connectivity index (χ4n) is 2.45. The van der Waals surface area contributed by atoms with E-state index in [1.807, 2.05) is 32.0 Å². The second-order valence-electron chi connectivity index (χ2n) is 5.49. The summed E-state index contributed by atoms with van der Waals surface area (Å²) < 4.78 is 0. The SMILES string of the molecule is CNC(=O)CNC(=O)C1CCN(c2ccc(C)c(C)c2)C1=O. The molecule has 1 atom stereocenters. The lowest BCUT2D eigenvalue weighted by Gasteiger charge is -2.18. The smallest absolute Gasteiger partial charge is 0.239 e. The fraction of sp³-hybridized carbons (Fsp3) is 0.438. The molecule has 0 spiro atoms. The average Bonchev–Trinajstić information content (AvgIpc) is 2.89. The molecule has 1 heterocycles. The van der Waals surface area contributed by atoms with Gasteiger partial charge in [-0.2, -0.15) is 0 Å². The highest BCUT2D eigenvalue weighted by Gasteiger charge is 2.37. The highest BCUT2D eigenvalue weighted by Crippen LogP contribution is 2.27. The molecule has 1 saturated heterocycles. The molecule has 0 aliphatic carbocycles. The lowest BCUT2D eigenvalue weighted by atomic mass is 10.1. The summed E-state index contributed by atoms with van der Waals surface area (Å²) in [6.07, 6.45) is 0.464. The van der Waals surface area contributed by atoms with Crippen LogP contribution in [0.5, 0.6) is 0 Å². The molecule has 3 amide bonds. The van der Waals surface area contributed by atoms with Crippen molar-refractivity contribution in [2.75, 3.05) is 25.0 Å². The number of likely N-dealkylation sites (N-methyl/N-ethyl adjacent to an activating group) is 1. The first kappa shape index (κ1) is 16.0. The minimum atomic E-state index is -0.716. The molecule has 2 rings (SSSR count). The van der Waals surface area contributed by atoms with Crippen LogP contribution in [0.25, 0.3) is 0 Å². The topological polar surface area (TPSA) is 78.5 Å². The molecule has 1 aliphatic rings. The molecule has 118 valence electrons. The summed E-state index contributed by atoms with van der Waals surface area (Å²) in [5.41, 5.74) is 3.09. The molecule has 1 aromatic carbocycles. The summed E-state index contributed by atoms with van der Waals surface area (Å²) in [7, 11) is 1.50. The van der Waals surface area contributed by atoms with Crippen LogP contribution in [0, 0.1) is 19.8 Å². The van der Waals surface area contributed by atoms with Gasteiger partial charge in [-0.15, -0.1) is 0 Å². The van der Waals surface area contributed by atoms with Gasteiger partial charge in [0.25, 0.3) is 0 Å². The van der Waals surface area contributed by atoms with Crippen molar-refractivity contribution >= 4 is 23.4 Å². The maximum absolute atomic E-state index is 12.4. The van der Waals surface area contributed by atoms with Crippen molar-refractivity contribution in [2.24, 2.45) is 5.92 Å². The van der Waals surface area contributed by atoms with Crippen molar-refractivity contribution in [2.45, 2.75) is 20.3 Å². The van der Waals surface area contributed by atoms with Crippen LogP contribution in [0.3, 0.4) is 0 Å². The minimum Gasteiger partial charge on any atom is -0.358 e. The van der Waals surface area contributed by atoms with Gasteiger partial charge < -0.3 is 15.5 Å². The molecule has 1 aliphatic heterocycles. The fourth-order valence-corrected chi connectivity index (χ4v) is 2.45. The zero-order chi connectivity index (χ0) is 16.3. The van der Waals surface area contributed by atoms with Gasteiger partial charge in [0.15, 0.2) is 0 Å². The van der Waals surface area contributed by atoms with E-state index in [1.54, 1.807) is 4.90 Å². The van der Waals surface area contributed by atoms with E-state index in [0.29, 0.717) is 13.0 Å². The molecular weight excluding hydrogens is 282 g/mol. The van der Waals surface area contributed by atoms with Crippen molar-refractivity contribution in [1.29, 1.82) is 0 Å². The maximum atomic E-state index is 12.4. The Hall–Kier alpha value is -2.37. The number of amides is 3. The number of hydrogen-bond donors (Lipinski definition) is 2. The average molecular weight is 303 g/mol. The standard InChI is InChI=1S/C16H21N3O3/c1-10-4-5-12(8-11(10)2)19-7-6-13(16(19)22)15(21)18-9-14(20)17-3/h4-5,8,13H,6-7,9H2,1-3H3,(H,17,20)(H,18,21). The van der Waals surface area contributed by atoms with Crippen LogP contribution in [0.1, 0.15) is 17.5 Å². The van der Waals surface area contributed by atoms with Crippen molar-refractivity contribution in [3.63, 3.8) is 0 Å². The molecule has 1 aromatic rings. The summed E-state index contributed by atoms with van der Waals surface area (Å²) >= 11 is 0. The van der Waals surface area contributed by atoms with E-state index in [4.69, 9.17) is 0 Å². The summed E-state index contributed by atoms with van der Waals surface area (Å²) in [5, 5.41) is 4.92. The van der Waals surface area contributed by atoms with Crippen LogP contribution in [-0.2, 0) is 14.4 Å². The zero-order valence-corrected chi connectivity index (χ0v) is 13.1. The van der Waals surface area contributed by atoms with Crippen molar-refractivity contribution in [3.05, 3.63) is 29.3 Å².